The summed E-state index contributed by atoms with van der Waals surface area (Å²) in [5.41, 5.74) is 5.46. The van der Waals surface area contributed by atoms with Crippen LogP contribution in [0.25, 0.3) is 0 Å². The summed E-state index contributed by atoms with van der Waals surface area (Å²) in [6.45, 7) is 7.22. The predicted octanol–water partition coefficient (Wildman–Crippen LogP) is -0.192. The maximum absolute atomic E-state index is 11.6. The Bertz CT molecular complexity index is 178. The number of carbonyl (C=O) groups is 1. The van der Waals surface area contributed by atoms with E-state index in [0.29, 0.717) is 19.7 Å². The SMILES string of the molecule is COCCN(CCCN)CC(=O)NC(C)C. The number of hydrogen-bond acceptors (Lipinski definition) is 4. The highest BCUT2D eigenvalue weighted by Crippen LogP contribution is 1.92. The highest BCUT2D eigenvalue weighted by Gasteiger charge is 2.10. The van der Waals surface area contributed by atoms with Crippen molar-refractivity contribution in [2.24, 2.45) is 5.73 Å². The first-order valence-electron chi connectivity index (χ1n) is 5.80. The molecule has 0 saturated heterocycles. The minimum absolute atomic E-state index is 0.0584. The van der Waals surface area contributed by atoms with E-state index < -0.39 is 0 Å². The van der Waals surface area contributed by atoms with Crippen molar-refractivity contribution >= 4 is 5.91 Å². The lowest BCUT2D eigenvalue weighted by molar-refractivity contribution is -0.122. The Kier molecular flexibility index (Phi) is 9.18. The molecule has 0 aliphatic heterocycles. The lowest BCUT2D eigenvalue weighted by atomic mass is 10.3. The molecule has 5 nitrogen and oxygen atoms in total. The summed E-state index contributed by atoms with van der Waals surface area (Å²) in [6, 6.07) is 0.186. The molecule has 0 saturated carbocycles. The summed E-state index contributed by atoms with van der Waals surface area (Å²) in [7, 11) is 1.66. The smallest absolute Gasteiger partial charge is 0.234 e. The van der Waals surface area contributed by atoms with Crippen LogP contribution in [-0.4, -0.2) is 56.7 Å². The molecule has 1 amide bonds. The van der Waals surface area contributed by atoms with Gasteiger partial charge in [-0.05, 0) is 33.4 Å². The number of methoxy groups -OCH3 is 1. The van der Waals surface area contributed by atoms with Gasteiger partial charge in [0.15, 0.2) is 0 Å². The first kappa shape index (κ1) is 15.3. The molecule has 0 spiro atoms. The quantitative estimate of drug-likeness (QED) is 0.577. The van der Waals surface area contributed by atoms with Gasteiger partial charge in [0.05, 0.1) is 13.2 Å². The maximum atomic E-state index is 11.6. The number of nitrogens with zero attached hydrogens (tertiary/aromatic N) is 1. The standard InChI is InChI=1S/C11H25N3O2/c1-10(2)13-11(15)9-14(6-4-5-12)7-8-16-3/h10H,4-9,12H2,1-3H3,(H,13,15). The van der Waals surface area contributed by atoms with Crippen LogP contribution in [0.15, 0.2) is 0 Å². The highest BCUT2D eigenvalue weighted by atomic mass is 16.5. The van der Waals surface area contributed by atoms with Gasteiger partial charge in [-0.15, -0.1) is 0 Å². The van der Waals surface area contributed by atoms with Gasteiger partial charge < -0.3 is 15.8 Å². The van der Waals surface area contributed by atoms with E-state index in [9.17, 15) is 4.79 Å². The zero-order valence-corrected chi connectivity index (χ0v) is 10.7. The van der Waals surface area contributed by atoms with E-state index in [4.69, 9.17) is 10.5 Å². The molecule has 0 fully saturated rings. The molecule has 0 aromatic heterocycles. The normalized spacial score (nSPS) is 11.1. The third-order valence-corrected chi connectivity index (χ3v) is 2.11. The fourth-order valence-corrected chi connectivity index (χ4v) is 1.38. The molecule has 0 rings (SSSR count). The van der Waals surface area contributed by atoms with Crippen molar-refractivity contribution in [3.63, 3.8) is 0 Å². The van der Waals surface area contributed by atoms with Crippen LogP contribution in [0.3, 0.4) is 0 Å². The fourth-order valence-electron chi connectivity index (χ4n) is 1.38. The third kappa shape index (κ3) is 8.64. The van der Waals surface area contributed by atoms with Crippen LogP contribution >= 0.6 is 0 Å². The lowest BCUT2D eigenvalue weighted by Gasteiger charge is -2.21. The van der Waals surface area contributed by atoms with E-state index in [1.807, 2.05) is 13.8 Å². The van der Waals surface area contributed by atoms with Gasteiger partial charge in [-0.2, -0.15) is 0 Å². The summed E-state index contributed by atoms with van der Waals surface area (Å²) in [6.07, 6.45) is 0.901. The number of rotatable bonds is 9. The molecule has 0 atom stereocenters. The molecule has 16 heavy (non-hydrogen) atoms. The van der Waals surface area contributed by atoms with Crippen LogP contribution < -0.4 is 11.1 Å². The molecule has 5 heteroatoms. The molecule has 0 radical (unpaired) electrons. The number of nitrogens with two attached hydrogens (primary N) is 1. The second-order valence-electron chi connectivity index (χ2n) is 4.13. The van der Waals surface area contributed by atoms with E-state index in [1.54, 1.807) is 7.11 Å². The van der Waals surface area contributed by atoms with Gasteiger partial charge >= 0.3 is 0 Å². The Morgan fingerprint density at radius 1 is 1.44 bits per heavy atom. The van der Waals surface area contributed by atoms with E-state index in [2.05, 4.69) is 10.2 Å². The van der Waals surface area contributed by atoms with Gasteiger partial charge in [-0.3, -0.25) is 9.69 Å². The molecule has 0 unspecified atom stereocenters. The van der Waals surface area contributed by atoms with Crippen LogP contribution in [0.4, 0.5) is 0 Å². The summed E-state index contributed by atoms with van der Waals surface area (Å²) >= 11 is 0. The Labute approximate surface area is 98.3 Å². The van der Waals surface area contributed by atoms with Crippen molar-refractivity contribution in [1.29, 1.82) is 0 Å². The second kappa shape index (κ2) is 9.57. The molecule has 0 aromatic carbocycles. The van der Waals surface area contributed by atoms with Gasteiger partial charge in [-0.25, -0.2) is 0 Å². The topological polar surface area (TPSA) is 67.6 Å². The first-order valence-corrected chi connectivity index (χ1v) is 5.80. The minimum atomic E-state index is 0.0584. The molecular formula is C11H25N3O2. The highest BCUT2D eigenvalue weighted by molar-refractivity contribution is 5.78. The molecule has 3 N–H and O–H groups in total. The second-order valence-corrected chi connectivity index (χ2v) is 4.13. The fraction of sp³-hybridized carbons (Fsp3) is 0.909. The van der Waals surface area contributed by atoms with Crippen molar-refractivity contribution in [2.45, 2.75) is 26.3 Å². The maximum Gasteiger partial charge on any atom is 0.234 e. The number of hydrogen-bond donors (Lipinski definition) is 2. The Hall–Kier alpha value is -0.650. The Balaban J connectivity index is 3.92. The molecule has 0 aliphatic carbocycles. The minimum Gasteiger partial charge on any atom is -0.383 e. The van der Waals surface area contributed by atoms with Gasteiger partial charge in [0.25, 0.3) is 0 Å². The Morgan fingerprint density at radius 2 is 2.12 bits per heavy atom. The van der Waals surface area contributed by atoms with Crippen LogP contribution in [-0.2, 0) is 9.53 Å². The summed E-state index contributed by atoms with van der Waals surface area (Å²) in [4.78, 5) is 13.6. The van der Waals surface area contributed by atoms with Gasteiger partial charge in [0.2, 0.25) is 5.91 Å². The summed E-state index contributed by atoms with van der Waals surface area (Å²) in [5, 5.41) is 2.87. The van der Waals surface area contributed by atoms with Crippen molar-refractivity contribution in [3.8, 4) is 0 Å². The number of ether oxygens (including phenoxy) is 1. The summed E-state index contributed by atoms with van der Waals surface area (Å²) in [5.74, 6) is 0.0584. The predicted molar refractivity (Wildman–Crippen MR) is 65.3 cm³/mol. The van der Waals surface area contributed by atoms with E-state index in [1.165, 1.54) is 0 Å². The van der Waals surface area contributed by atoms with E-state index >= 15 is 0 Å². The Morgan fingerprint density at radius 3 is 2.62 bits per heavy atom. The zero-order chi connectivity index (χ0) is 12.4. The van der Waals surface area contributed by atoms with Crippen LogP contribution in [0.5, 0.6) is 0 Å². The number of carbonyl (C=O) groups excluding carboxylic acids is 1. The third-order valence-electron chi connectivity index (χ3n) is 2.11. The first-order chi connectivity index (χ1) is 7.60. The summed E-state index contributed by atoms with van der Waals surface area (Å²) < 4.78 is 5.01. The number of nitrogens with one attached hydrogen (secondary N) is 1. The molecule has 0 bridgehead atoms. The average Bonchev–Trinajstić information content (AvgIpc) is 2.20. The molecular weight excluding hydrogens is 206 g/mol. The molecule has 96 valence electrons. The molecule has 0 aromatic rings. The van der Waals surface area contributed by atoms with Gasteiger partial charge in [0, 0.05) is 19.7 Å². The molecule has 0 aliphatic rings. The van der Waals surface area contributed by atoms with Crippen LogP contribution in [0, 0.1) is 0 Å². The number of amides is 1. The van der Waals surface area contributed by atoms with E-state index in [-0.39, 0.29) is 11.9 Å². The van der Waals surface area contributed by atoms with Crippen molar-refractivity contribution in [3.05, 3.63) is 0 Å². The van der Waals surface area contributed by atoms with Crippen LogP contribution in [0.2, 0.25) is 0 Å². The molecule has 0 heterocycles. The van der Waals surface area contributed by atoms with Crippen LogP contribution in [0.1, 0.15) is 20.3 Å². The monoisotopic (exact) mass is 231 g/mol. The average molecular weight is 231 g/mol. The largest absolute Gasteiger partial charge is 0.383 e. The van der Waals surface area contributed by atoms with Gasteiger partial charge in [0.1, 0.15) is 0 Å². The zero-order valence-electron chi connectivity index (χ0n) is 10.7. The van der Waals surface area contributed by atoms with Crippen molar-refractivity contribution in [1.82, 2.24) is 10.2 Å². The van der Waals surface area contributed by atoms with Crippen molar-refractivity contribution in [2.75, 3.05) is 39.9 Å². The lowest BCUT2D eigenvalue weighted by Crippen LogP contribution is -2.41. The van der Waals surface area contributed by atoms with E-state index in [0.717, 1.165) is 19.5 Å². The van der Waals surface area contributed by atoms with Crippen molar-refractivity contribution < 1.29 is 9.53 Å². The van der Waals surface area contributed by atoms with Gasteiger partial charge in [-0.1, -0.05) is 0 Å².